The van der Waals surface area contributed by atoms with Crippen molar-refractivity contribution < 1.29 is 18.3 Å². The van der Waals surface area contributed by atoms with Gasteiger partial charge in [-0.3, -0.25) is 0 Å². The van der Waals surface area contributed by atoms with Crippen LogP contribution in [-0.4, -0.2) is 61.1 Å². The number of likely N-dealkylation sites (tertiary alicyclic amines) is 1. The zero-order valence-corrected chi connectivity index (χ0v) is 12.4. The molecule has 1 unspecified atom stereocenters. The Kier molecular flexibility index (Phi) is 4.76. The number of ether oxygens (including phenoxy) is 1. The van der Waals surface area contributed by atoms with E-state index < -0.39 is 23.5 Å². The summed E-state index contributed by atoms with van der Waals surface area (Å²) in [7, 11) is 3.50. The van der Waals surface area contributed by atoms with Gasteiger partial charge in [0.15, 0.2) is 0 Å². The molecule has 1 amide bonds. The lowest BCUT2D eigenvalue weighted by atomic mass is 9.93. The molecule has 0 bridgehead atoms. The molecule has 1 saturated heterocycles. The van der Waals surface area contributed by atoms with Crippen LogP contribution in [0.3, 0.4) is 0 Å². The molecule has 1 rings (SSSR count). The van der Waals surface area contributed by atoms with E-state index in [0.29, 0.717) is 0 Å². The minimum Gasteiger partial charge on any atom is -0.444 e. The molecule has 1 aliphatic rings. The van der Waals surface area contributed by atoms with E-state index in [1.54, 1.807) is 39.8 Å². The van der Waals surface area contributed by atoms with Crippen LogP contribution in [0.4, 0.5) is 13.6 Å². The summed E-state index contributed by atoms with van der Waals surface area (Å²) in [5.74, 6) is -3.56. The molecule has 1 heterocycles. The van der Waals surface area contributed by atoms with E-state index in [-0.39, 0.29) is 26.1 Å². The van der Waals surface area contributed by atoms with Crippen molar-refractivity contribution in [3.63, 3.8) is 0 Å². The molecule has 112 valence electrons. The molecule has 6 heteroatoms. The fourth-order valence-electron chi connectivity index (χ4n) is 2.10. The van der Waals surface area contributed by atoms with Gasteiger partial charge in [-0.2, -0.15) is 0 Å². The van der Waals surface area contributed by atoms with Crippen LogP contribution in [0.5, 0.6) is 0 Å². The van der Waals surface area contributed by atoms with Gasteiger partial charge in [-0.1, -0.05) is 0 Å². The van der Waals surface area contributed by atoms with Gasteiger partial charge in [0.05, 0.1) is 5.92 Å². The Morgan fingerprint density at radius 3 is 2.47 bits per heavy atom. The topological polar surface area (TPSA) is 32.8 Å². The van der Waals surface area contributed by atoms with E-state index in [2.05, 4.69) is 0 Å². The number of rotatable bonds is 2. The maximum Gasteiger partial charge on any atom is 0.410 e. The standard InChI is InChI=1S/C13H24F2N2O2/c1-12(2,3)19-11(18)17-7-6-13(14,15)10(9-17)8-16(4)5/h10H,6-9H2,1-5H3. The molecule has 0 radical (unpaired) electrons. The molecule has 0 aromatic carbocycles. The predicted octanol–water partition coefficient (Wildman–Crippen LogP) is 2.44. The van der Waals surface area contributed by atoms with Gasteiger partial charge in [0, 0.05) is 26.1 Å². The van der Waals surface area contributed by atoms with Crippen molar-refractivity contribution >= 4 is 6.09 Å². The highest BCUT2D eigenvalue weighted by molar-refractivity contribution is 5.68. The monoisotopic (exact) mass is 278 g/mol. The fourth-order valence-corrected chi connectivity index (χ4v) is 2.10. The molecule has 0 spiro atoms. The van der Waals surface area contributed by atoms with Crippen molar-refractivity contribution in [3.8, 4) is 0 Å². The number of carbonyl (C=O) groups is 1. The molecular weight excluding hydrogens is 254 g/mol. The van der Waals surface area contributed by atoms with E-state index in [1.165, 1.54) is 4.90 Å². The number of amides is 1. The van der Waals surface area contributed by atoms with Gasteiger partial charge in [-0.15, -0.1) is 0 Å². The van der Waals surface area contributed by atoms with Crippen molar-refractivity contribution in [3.05, 3.63) is 0 Å². The highest BCUT2D eigenvalue weighted by Crippen LogP contribution is 2.34. The van der Waals surface area contributed by atoms with Crippen LogP contribution in [0.25, 0.3) is 0 Å². The van der Waals surface area contributed by atoms with Crippen LogP contribution in [0.15, 0.2) is 0 Å². The third-order valence-corrected chi connectivity index (χ3v) is 2.99. The minimum atomic E-state index is -2.72. The quantitative estimate of drug-likeness (QED) is 0.778. The van der Waals surface area contributed by atoms with Gasteiger partial charge in [-0.05, 0) is 34.9 Å². The number of piperidine rings is 1. The highest BCUT2D eigenvalue weighted by atomic mass is 19.3. The molecule has 0 saturated carbocycles. The first-order valence-electron chi connectivity index (χ1n) is 6.52. The lowest BCUT2D eigenvalue weighted by Gasteiger charge is -2.39. The zero-order chi connectivity index (χ0) is 14.8. The summed E-state index contributed by atoms with van der Waals surface area (Å²) >= 11 is 0. The molecule has 0 N–H and O–H groups in total. The molecule has 0 aliphatic carbocycles. The minimum absolute atomic E-state index is 0.0418. The maximum absolute atomic E-state index is 13.8. The maximum atomic E-state index is 13.8. The summed E-state index contributed by atoms with van der Waals surface area (Å²) in [4.78, 5) is 15.0. The largest absolute Gasteiger partial charge is 0.444 e. The third kappa shape index (κ3) is 4.93. The Bertz CT molecular complexity index is 327. The van der Waals surface area contributed by atoms with E-state index >= 15 is 0 Å². The molecule has 19 heavy (non-hydrogen) atoms. The van der Waals surface area contributed by atoms with Gasteiger partial charge in [-0.25, -0.2) is 13.6 Å². The Labute approximate surface area is 113 Å². The number of hydrogen-bond acceptors (Lipinski definition) is 3. The van der Waals surface area contributed by atoms with Gasteiger partial charge >= 0.3 is 6.09 Å². The van der Waals surface area contributed by atoms with Crippen LogP contribution < -0.4 is 0 Å². The summed E-state index contributed by atoms with van der Waals surface area (Å²) in [5.41, 5.74) is -0.603. The van der Waals surface area contributed by atoms with Gasteiger partial charge in [0.25, 0.3) is 5.92 Å². The zero-order valence-electron chi connectivity index (χ0n) is 12.4. The Morgan fingerprint density at radius 1 is 1.42 bits per heavy atom. The average Bonchev–Trinajstić information content (AvgIpc) is 2.17. The van der Waals surface area contributed by atoms with Crippen molar-refractivity contribution in [1.29, 1.82) is 0 Å². The van der Waals surface area contributed by atoms with Crippen LogP contribution in [0.1, 0.15) is 27.2 Å². The summed E-state index contributed by atoms with van der Waals surface area (Å²) in [6.07, 6.45) is -0.808. The molecule has 1 fully saturated rings. The Morgan fingerprint density at radius 2 is 2.00 bits per heavy atom. The molecular formula is C13H24F2N2O2. The molecule has 4 nitrogen and oxygen atoms in total. The molecule has 1 aliphatic heterocycles. The average molecular weight is 278 g/mol. The van der Waals surface area contributed by atoms with Crippen LogP contribution in [0.2, 0.25) is 0 Å². The molecule has 0 aromatic rings. The second-order valence-corrected chi connectivity index (χ2v) is 6.40. The number of halogens is 2. The lowest BCUT2D eigenvalue weighted by Crippen LogP contribution is -2.53. The lowest BCUT2D eigenvalue weighted by molar-refractivity contribution is -0.110. The summed E-state index contributed by atoms with van der Waals surface area (Å²) in [6, 6.07) is 0. The first-order valence-corrected chi connectivity index (χ1v) is 6.52. The van der Waals surface area contributed by atoms with Crippen molar-refractivity contribution in [2.75, 3.05) is 33.7 Å². The highest BCUT2D eigenvalue weighted by Gasteiger charge is 2.45. The number of hydrogen-bond donors (Lipinski definition) is 0. The molecule has 1 atom stereocenters. The normalized spacial score (nSPS) is 23.6. The summed E-state index contributed by atoms with van der Waals surface area (Å²) < 4.78 is 32.8. The molecule has 0 aromatic heterocycles. The van der Waals surface area contributed by atoms with Crippen molar-refractivity contribution in [1.82, 2.24) is 9.80 Å². The van der Waals surface area contributed by atoms with E-state index in [1.807, 2.05) is 0 Å². The fraction of sp³-hybridized carbons (Fsp3) is 0.923. The Hall–Kier alpha value is -0.910. The predicted molar refractivity (Wildman–Crippen MR) is 69.4 cm³/mol. The third-order valence-electron chi connectivity index (χ3n) is 2.99. The van der Waals surface area contributed by atoms with Gasteiger partial charge < -0.3 is 14.5 Å². The second-order valence-electron chi connectivity index (χ2n) is 6.40. The summed E-state index contributed by atoms with van der Waals surface area (Å²) in [6.45, 7) is 5.64. The number of nitrogens with zero attached hydrogens (tertiary/aromatic N) is 2. The van der Waals surface area contributed by atoms with E-state index in [9.17, 15) is 13.6 Å². The Balaban J connectivity index is 2.67. The van der Waals surface area contributed by atoms with Crippen molar-refractivity contribution in [2.24, 2.45) is 5.92 Å². The SMILES string of the molecule is CN(C)CC1CN(C(=O)OC(C)(C)C)CCC1(F)F. The second kappa shape index (κ2) is 5.61. The van der Waals surface area contributed by atoms with Crippen LogP contribution >= 0.6 is 0 Å². The first-order chi connectivity index (χ1) is 8.51. The van der Waals surface area contributed by atoms with Gasteiger partial charge in [0.1, 0.15) is 5.60 Å². The van der Waals surface area contributed by atoms with E-state index in [4.69, 9.17) is 4.74 Å². The van der Waals surface area contributed by atoms with E-state index in [0.717, 1.165) is 0 Å². The van der Waals surface area contributed by atoms with Gasteiger partial charge in [0.2, 0.25) is 0 Å². The smallest absolute Gasteiger partial charge is 0.410 e. The van der Waals surface area contributed by atoms with Crippen molar-refractivity contribution in [2.45, 2.75) is 38.7 Å². The van der Waals surface area contributed by atoms with Crippen LogP contribution in [-0.2, 0) is 4.74 Å². The number of carbonyl (C=O) groups excluding carboxylic acids is 1. The van der Waals surface area contributed by atoms with Crippen LogP contribution in [0, 0.1) is 5.92 Å². The number of alkyl halides is 2. The summed E-state index contributed by atoms with van der Waals surface area (Å²) in [5, 5.41) is 0. The first kappa shape index (κ1) is 16.1.